The Morgan fingerprint density at radius 2 is 1.88 bits per heavy atom. The Bertz CT molecular complexity index is 475. The molecule has 0 spiro atoms. The molecule has 0 bridgehead atoms. The molecule has 0 radical (unpaired) electrons. The molecule has 2 atom stereocenters. The summed E-state index contributed by atoms with van der Waals surface area (Å²) >= 11 is 0. The molecule has 25 heavy (non-hydrogen) atoms. The summed E-state index contributed by atoms with van der Waals surface area (Å²) < 4.78 is 10.5. The molecule has 0 saturated heterocycles. The Morgan fingerprint density at radius 1 is 1.16 bits per heavy atom. The van der Waals surface area contributed by atoms with Gasteiger partial charge in [-0.2, -0.15) is 0 Å². The van der Waals surface area contributed by atoms with Crippen LogP contribution in [-0.4, -0.2) is 43.0 Å². The number of ether oxygens (including phenoxy) is 2. The molecule has 142 valence electrons. The van der Waals surface area contributed by atoms with Gasteiger partial charge in [0, 0.05) is 12.6 Å². The number of benzene rings is 1. The molecule has 1 aromatic carbocycles. The Labute approximate surface area is 151 Å². The van der Waals surface area contributed by atoms with Crippen LogP contribution in [0.5, 0.6) is 5.75 Å². The summed E-state index contributed by atoms with van der Waals surface area (Å²) in [6.07, 6.45) is 5.60. The molecule has 0 saturated carbocycles. The Kier molecular flexibility index (Phi) is 10.9. The predicted molar refractivity (Wildman–Crippen MR) is 100 cm³/mol. The van der Waals surface area contributed by atoms with Gasteiger partial charge in [-0.05, 0) is 44.5 Å². The van der Waals surface area contributed by atoms with Crippen LogP contribution in [0.25, 0.3) is 0 Å². The first-order valence-corrected chi connectivity index (χ1v) is 9.38. The minimum absolute atomic E-state index is 0.217. The normalized spacial score (nSPS) is 13.3. The van der Waals surface area contributed by atoms with Gasteiger partial charge >= 0.3 is 5.97 Å². The highest BCUT2D eigenvalue weighted by Crippen LogP contribution is 2.13. The number of hydrogen-bond acceptors (Lipinski definition) is 5. The molecule has 0 aliphatic rings. The van der Waals surface area contributed by atoms with Gasteiger partial charge in [0.05, 0.1) is 12.2 Å². The molecule has 1 aromatic rings. The number of nitrogens with one attached hydrogen (secondary N) is 1. The molecule has 1 rings (SSSR count). The fraction of sp³-hybridized carbons (Fsp3) is 0.650. The Morgan fingerprint density at radius 3 is 2.52 bits per heavy atom. The number of aliphatic hydroxyl groups excluding tert-OH is 1. The third-order valence-corrected chi connectivity index (χ3v) is 4.00. The van der Waals surface area contributed by atoms with Crippen LogP contribution in [0.2, 0.25) is 0 Å². The van der Waals surface area contributed by atoms with Crippen molar-refractivity contribution in [3.63, 3.8) is 0 Å². The van der Waals surface area contributed by atoms with Crippen LogP contribution in [0.1, 0.15) is 63.2 Å². The molecular weight excluding hydrogens is 318 g/mol. The van der Waals surface area contributed by atoms with E-state index in [1.165, 1.54) is 25.7 Å². The van der Waals surface area contributed by atoms with Crippen LogP contribution >= 0.6 is 0 Å². The van der Waals surface area contributed by atoms with Gasteiger partial charge in [0.2, 0.25) is 0 Å². The van der Waals surface area contributed by atoms with Gasteiger partial charge in [-0.1, -0.05) is 32.6 Å². The van der Waals surface area contributed by atoms with Crippen LogP contribution in [0, 0.1) is 0 Å². The number of esters is 1. The van der Waals surface area contributed by atoms with E-state index in [9.17, 15) is 9.90 Å². The summed E-state index contributed by atoms with van der Waals surface area (Å²) in [6, 6.07) is 7.15. The number of carbonyl (C=O) groups is 1. The second kappa shape index (κ2) is 12.7. The van der Waals surface area contributed by atoms with E-state index >= 15 is 0 Å². The van der Waals surface area contributed by atoms with Gasteiger partial charge in [-0.3, -0.25) is 0 Å². The zero-order valence-corrected chi connectivity index (χ0v) is 15.8. The number of hydrogen-bond donors (Lipinski definition) is 2. The third kappa shape index (κ3) is 9.46. The van der Waals surface area contributed by atoms with E-state index in [0.717, 1.165) is 6.42 Å². The first-order chi connectivity index (χ1) is 12.1. The number of unbranched alkanes of at least 4 members (excludes halogenated alkanes) is 3. The van der Waals surface area contributed by atoms with E-state index in [0.29, 0.717) is 30.5 Å². The van der Waals surface area contributed by atoms with Crippen LogP contribution < -0.4 is 10.1 Å². The first kappa shape index (κ1) is 21.5. The molecule has 5 heteroatoms. The fourth-order valence-corrected chi connectivity index (χ4v) is 2.47. The van der Waals surface area contributed by atoms with Crippen molar-refractivity contribution in [2.24, 2.45) is 0 Å². The summed E-state index contributed by atoms with van der Waals surface area (Å²) in [5.41, 5.74) is 0.494. The van der Waals surface area contributed by atoms with Gasteiger partial charge in [0.25, 0.3) is 0 Å². The average molecular weight is 351 g/mol. The molecule has 0 amide bonds. The summed E-state index contributed by atoms with van der Waals surface area (Å²) in [5, 5.41) is 13.4. The van der Waals surface area contributed by atoms with E-state index < -0.39 is 6.10 Å². The van der Waals surface area contributed by atoms with Crippen molar-refractivity contribution in [2.75, 3.05) is 19.8 Å². The second-order valence-corrected chi connectivity index (χ2v) is 6.37. The maximum atomic E-state index is 11.6. The molecular formula is C20H33NO4. The van der Waals surface area contributed by atoms with Crippen molar-refractivity contribution in [3.8, 4) is 5.75 Å². The molecule has 0 heterocycles. The van der Waals surface area contributed by atoms with E-state index in [1.807, 2.05) is 0 Å². The van der Waals surface area contributed by atoms with Gasteiger partial charge in [-0.15, -0.1) is 0 Å². The summed E-state index contributed by atoms with van der Waals surface area (Å²) in [6.45, 7) is 7.21. The quantitative estimate of drug-likeness (QED) is 0.420. The second-order valence-electron chi connectivity index (χ2n) is 6.37. The van der Waals surface area contributed by atoms with Crippen molar-refractivity contribution in [2.45, 2.75) is 65.0 Å². The maximum absolute atomic E-state index is 11.6. The lowest BCUT2D eigenvalue weighted by molar-refractivity contribution is 0.0526. The van der Waals surface area contributed by atoms with Crippen LogP contribution in [0.15, 0.2) is 24.3 Å². The van der Waals surface area contributed by atoms with Crippen LogP contribution in [-0.2, 0) is 4.74 Å². The van der Waals surface area contributed by atoms with Gasteiger partial charge in [-0.25, -0.2) is 4.79 Å². The first-order valence-electron chi connectivity index (χ1n) is 9.38. The van der Waals surface area contributed by atoms with E-state index in [1.54, 1.807) is 31.2 Å². The summed E-state index contributed by atoms with van der Waals surface area (Å²) in [5.74, 6) is 0.283. The zero-order valence-electron chi connectivity index (χ0n) is 15.8. The molecule has 0 aliphatic carbocycles. The minimum Gasteiger partial charge on any atom is -0.491 e. The van der Waals surface area contributed by atoms with E-state index in [4.69, 9.17) is 9.47 Å². The topological polar surface area (TPSA) is 67.8 Å². The van der Waals surface area contributed by atoms with Crippen molar-refractivity contribution in [1.82, 2.24) is 5.32 Å². The largest absolute Gasteiger partial charge is 0.491 e. The van der Waals surface area contributed by atoms with Crippen molar-refractivity contribution >= 4 is 5.97 Å². The number of carbonyl (C=O) groups excluding carboxylic acids is 1. The standard InChI is InChI=1S/C20H33NO4/c1-4-6-7-8-9-16(3)21-14-18(22)15-25-19-12-10-17(11-13-19)20(23)24-5-2/h10-13,16,18,21-22H,4-9,14-15H2,1-3H3/t16-,18+/m1/s1. The summed E-state index contributed by atoms with van der Waals surface area (Å²) in [7, 11) is 0. The van der Waals surface area contributed by atoms with E-state index in [-0.39, 0.29) is 12.6 Å². The highest BCUT2D eigenvalue weighted by molar-refractivity contribution is 5.89. The molecule has 5 nitrogen and oxygen atoms in total. The van der Waals surface area contributed by atoms with Crippen molar-refractivity contribution in [3.05, 3.63) is 29.8 Å². The lowest BCUT2D eigenvalue weighted by Gasteiger charge is -2.17. The van der Waals surface area contributed by atoms with Crippen LogP contribution in [0.3, 0.4) is 0 Å². The third-order valence-electron chi connectivity index (χ3n) is 4.00. The van der Waals surface area contributed by atoms with Crippen molar-refractivity contribution < 1.29 is 19.4 Å². The van der Waals surface area contributed by atoms with Crippen molar-refractivity contribution in [1.29, 1.82) is 0 Å². The average Bonchev–Trinajstić information content (AvgIpc) is 2.62. The predicted octanol–water partition coefficient (Wildman–Crippen LogP) is 3.55. The highest BCUT2D eigenvalue weighted by atomic mass is 16.5. The Balaban J connectivity index is 2.22. The SMILES string of the molecule is CCCCCC[C@@H](C)NC[C@H](O)COc1ccc(C(=O)OCC)cc1. The maximum Gasteiger partial charge on any atom is 0.338 e. The van der Waals surface area contributed by atoms with Gasteiger partial charge in [0.1, 0.15) is 18.5 Å². The van der Waals surface area contributed by atoms with E-state index in [2.05, 4.69) is 19.2 Å². The molecule has 0 aliphatic heterocycles. The number of rotatable bonds is 13. The smallest absolute Gasteiger partial charge is 0.338 e. The molecule has 0 fully saturated rings. The van der Waals surface area contributed by atoms with Gasteiger partial charge < -0.3 is 19.9 Å². The lowest BCUT2D eigenvalue weighted by Crippen LogP contribution is -2.36. The summed E-state index contributed by atoms with van der Waals surface area (Å²) in [4.78, 5) is 11.6. The minimum atomic E-state index is -0.567. The molecule has 0 unspecified atom stereocenters. The van der Waals surface area contributed by atoms with Gasteiger partial charge in [0.15, 0.2) is 0 Å². The lowest BCUT2D eigenvalue weighted by atomic mass is 10.1. The Hall–Kier alpha value is -1.59. The fourth-order valence-electron chi connectivity index (χ4n) is 2.47. The zero-order chi connectivity index (χ0) is 18.5. The molecule has 0 aromatic heterocycles. The number of aliphatic hydroxyl groups is 1. The highest BCUT2D eigenvalue weighted by Gasteiger charge is 2.09. The monoisotopic (exact) mass is 351 g/mol. The van der Waals surface area contributed by atoms with Crippen LogP contribution in [0.4, 0.5) is 0 Å². The molecule has 2 N–H and O–H groups in total.